The Morgan fingerprint density at radius 2 is 1.87 bits per heavy atom. The highest BCUT2D eigenvalue weighted by Gasteiger charge is 2.35. The van der Waals surface area contributed by atoms with Crippen molar-refractivity contribution in [2.24, 2.45) is 5.92 Å². The Balaban J connectivity index is 1.43. The molecule has 2 aliphatic rings. The summed E-state index contributed by atoms with van der Waals surface area (Å²) in [5.74, 6) is 1.12. The second kappa shape index (κ2) is 8.19. The van der Waals surface area contributed by atoms with Crippen molar-refractivity contribution < 1.29 is 19.1 Å². The van der Waals surface area contributed by atoms with Crippen molar-refractivity contribution in [2.45, 2.75) is 53.1 Å². The summed E-state index contributed by atoms with van der Waals surface area (Å²) in [6, 6.07) is 9.82. The van der Waals surface area contributed by atoms with Gasteiger partial charge in [-0.25, -0.2) is 0 Å². The van der Waals surface area contributed by atoms with Crippen molar-refractivity contribution in [1.82, 2.24) is 0 Å². The van der Waals surface area contributed by atoms with E-state index in [-0.39, 0.29) is 16.5 Å². The molecule has 2 atom stereocenters. The van der Waals surface area contributed by atoms with Crippen LogP contribution in [0.3, 0.4) is 0 Å². The van der Waals surface area contributed by atoms with Crippen molar-refractivity contribution in [1.29, 1.82) is 0 Å². The predicted octanol–water partition coefficient (Wildman–Crippen LogP) is 5.59. The number of carbonyl (C=O) groups is 2. The highest BCUT2D eigenvalue weighted by Crippen LogP contribution is 2.39. The quantitative estimate of drug-likeness (QED) is 0.462. The van der Waals surface area contributed by atoms with Crippen LogP contribution >= 0.6 is 11.8 Å². The van der Waals surface area contributed by atoms with Gasteiger partial charge in [-0.15, -0.1) is 0 Å². The minimum absolute atomic E-state index is 0.0841. The van der Waals surface area contributed by atoms with Crippen LogP contribution in [0.25, 0.3) is 6.08 Å². The smallest absolute Gasteiger partial charge is 0.204 e. The minimum Gasteiger partial charge on any atom is -0.489 e. The van der Waals surface area contributed by atoms with E-state index in [0.717, 1.165) is 41.7 Å². The van der Waals surface area contributed by atoms with Gasteiger partial charge in [-0.05, 0) is 105 Å². The Labute approximate surface area is 188 Å². The summed E-state index contributed by atoms with van der Waals surface area (Å²) in [4.78, 5) is 24.3. The molecule has 0 aliphatic carbocycles. The average molecular weight is 437 g/mol. The molecule has 1 fully saturated rings. The fourth-order valence-electron chi connectivity index (χ4n) is 4.06. The van der Waals surface area contributed by atoms with E-state index in [1.54, 1.807) is 13.0 Å². The summed E-state index contributed by atoms with van der Waals surface area (Å²) in [5.41, 5.74) is 5.55. The third-order valence-corrected chi connectivity index (χ3v) is 7.38. The maximum atomic E-state index is 12.1. The molecule has 4 rings (SSSR count). The molecule has 1 saturated heterocycles. The second-order valence-corrected chi connectivity index (χ2v) is 9.91. The molecule has 31 heavy (non-hydrogen) atoms. The van der Waals surface area contributed by atoms with Crippen molar-refractivity contribution in [2.75, 3.05) is 6.61 Å². The van der Waals surface area contributed by atoms with Gasteiger partial charge in [0, 0.05) is 0 Å². The van der Waals surface area contributed by atoms with Gasteiger partial charge >= 0.3 is 0 Å². The number of ether oxygens (including phenoxy) is 2. The highest BCUT2D eigenvalue weighted by molar-refractivity contribution is 8.18. The first-order valence-corrected chi connectivity index (χ1v) is 11.5. The Morgan fingerprint density at radius 3 is 2.52 bits per heavy atom. The lowest BCUT2D eigenvalue weighted by atomic mass is 9.88. The maximum absolute atomic E-state index is 12.1. The van der Waals surface area contributed by atoms with Crippen LogP contribution in [0.1, 0.15) is 48.1 Å². The first kappa shape index (κ1) is 21.7. The Hall–Kier alpha value is -2.53. The van der Waals surface area contributed by atoms with E-state index in [2.05, 4.69) is 33.8 Å². The van der Waals surface area contributed by atoms with Crippen molar-refractivity contribution in [3.8, 4) is 11.5 Å². The number of allylic oxidation sites excluding steroid dienone is 1. The molecule has 0 spiro atoms. The molecule has 5 heteroatoms. The summed E-state index contributed by atoms with van der Waals surface area (Å²) >= 11 is 1.03. The minimum atomic E-state index is -0.545. The van der Waals surface area contributed by atoms with Gasteiger partial charge in [0.15, 0.2) is 5.78 Å². The molecular formula is C26H28O4S. The zero-order chi connectivity index (χ0) is 22.3. The third-order valence-electron chi connectivity index (χ3n) is 6.29. The topological polar surface area (TPSA) is 52.6 Å². The van der Waals surface area contributed by atoms with Gasteiger partial charge < -0.3 is 9.47 Å². The fraction of sp³-hybridized carbons (Fsp3) is 0.385. The summed E-state index contributed by atoms with van der Waals surface area (Å²) in [6.45, 7) is 10.6. The maximum Gasteiger partial charge on any atom is 0.204 e. The van der Waals surface area contributed by atoms with E-state index in [0.29, 0.717) is 11.5 Å². The predicted molar refractivity (Wildman–Crippen MR) is 125 cm³/mol. The van der Waals surface area contributed by atoms with Crippen molar-refractivity contribution in [3.63, 3.8) is 0 Å². The van der Waals surface area contributed by atoms with Crippen LogP contribution in [0.15, 0.2) is 35.2 Å². The Morgan fingerprint density at radius 1 is 1.16 bits per heavy atom. The lowest BCUT2D eigenvalue weighted by Crippen LogP contribution is -2.42. The van der Waals surface area contributed by atoms with Crippen LogP contribution in [0.4, 0.5) is 0 Å². The molecule has 2 aromatic carbocycles. The standard InChI is InChI=1S/C26H28O4S/c1-15-12-16(2)21-10-11-26(5,30-24(21)17(15)3)14-29-20-8-6-19(7-9-20)13-22-23(27)18(4)25(28)31-22/h6-9,12-13,18H,10-11,14H2,1-5H3/b22-13-. The van der Waals surface area contributed by atoms with E-state index < -0.39 is 5.92 Å². The molecule has 0 N–H and O–H groups in total. The molecular weight excluding hydrogens is 408 g/mol. The first-order chi connectivity index (χ1) is 14.7. The van der Waals surface area contributed by atoms with Crippen molar-refractivity contribution in [3.05, 3.63) is 63.1 Å². The number of fused-ring (bicyclic) bond motifs is 1. The van der Waals surface area contributed by atoms with Crippen LogP contribution in [0.2, 0.25) is 0 Å². The number of ketones is 1. The van der Waals surface area contributed by atoms with E-state index >= 15 is 0 Å². The number of aryl methyl sites for hydroxylation is 2. The van der Waals surface area contributed by atoms with E-state index in [9.17, 15) is 9.59 Å². The summed E-state index contributed by atoms with van der Waals surface area (Å²) in [5, 5.41) is -0.0841. The van der Waals surface area contributed by atoms with Crippen LogP contribution in [-0.2, 0) is 16.0 Å². The van der Waals surface area contributed by atoms with Crippen LogP contribution in [0.5, 0.6) is 11.5 Å². The zero-order valence-corrected chi connectivity index (χ0v) is 19.5. The monoisotopic (exact) mass is 436 g/mol. The lowest BCUT2D eigenvalue weighted by Gasteiger charge is -2.37. The van der Waals surface area contributed by atoms with Crippen LogP contribution in [-0.4, -0.2) is 23.1 Å². The molecule has 0 aromatic heterocycles. The summed E-state index contributed by atoms with van der Waals surface area (Å²) in [7, 11) is 0. The van der Waals surface area contributed by atoms with Gasteiger partial charge in [0.2, 0.25) is 5.12 Å². The van der Waals surface area contributed by atoms with Gasteiger partial charge in [-0.1, -0.05) is 18.2 Å². The van der Waals surface area contributed by atoms with E-state index in [4.69, 9.17) is 9.47 Å². The number of hydrogen-bond donors (Lipinski definition) is 0. The third kappa shape index (κ3) is 4.29. The number of thioether (sulfide) groups is 1. The van der Waals surface area contributed by atoms with Crippen molar-refractivity contribution >= 4 is 28.7 Å². The molecule has 0 amide bonds. The molecule has 162 valence electrons. The highest BCUT2D eigenvalue weighted by atomic mass is 32.2. The zero-order valence-electron chi connectivity index (χ0n) is 18.7. The molecule has 2 unspecified atom stereocenters. The number of hydrogen-bond acceptors (Lipinski definition) is 5. The molecule has 0 radical (unpaired) electrons. The molecule has 4 nitrogen and oxygen atoms in total. The number of benzene rings is 2. The average Bonchev–Trinajstić information content (AvgIpc) is 2.98. The summed E-state index contributed by atoms with van der Waals surface area (Å²) in [6.07, 6.45) is 3.66. The molecule has 0 bridgehead atoms. The number of Topliss-reactive ketones (excluding diaryl/α,β-unsaturated/α-hetero) is 1. The van der Waals surface area contributed by atoms with Crippen LogP contribution < -0.4 is 9.47 Å². The van der Waals surface area contributed by atoms with Gasteiger partial charge in [0.05, 0.1) is 10.8 Å². The largest absolute Gasteiger partial charge is 0.489 e. The van der Waals surface area contributed by atoms with Gasteiger partial charge in [-0.3, -0.25) is 9.59 Å². The van der Waals surface area contributed by atoms with E-state index in [1.807, 2.05) is 24.3 Å². The second-order valence-electron chi connectivity index (χ2n) is 8.87. The van der Waals surface area contributed by atoms with Gasteiger partial charge in [0.25, 0.3) is 0 Å². The normalized spacial score (nSPS) is 24.3. The Kier molecular flexibility index (Phi) is 5.73. The van der Waals surface area contributed by atoms with Crippen LogP contribution in [0, 0.1) is 26.7 Å². The van der Waals surface area contributed by atoms with Gasteiger partial charge in [-0.2, -0.15) is 0 Å². The summed E-state index contributed by atoms with van der Waals surface area (Å²) < 4.78 is 12.5. The molecule has 2 heterocycles. The van der Waals surface area contributed by atoms with Gasteiger partial charge in [0.1, 0.15) is 23.7 Å². The molecule has 0 saturated carbocycles. The fourth-order valence-corrected chi connectivity index (χ4v) is 5.03. The molecule has 2 aliphatic heterocycles. The number of rotatable bonds is 4. The lowest BCUT2D eigenvalue weighted by molar-refractivity contribution is -0.123. The van der Waals surface area contributed by atoms with E-state index in [1.165, 1.54) is 22.3 Å². The SMILES string of the molecule is Cc1cc(C)c2c(c1C)OC(C)(COc1ccc(/C=C3\SC(=O)C(C)C3=O)cc1)CC2. The first-order valence-electron chi connectivity index (χ1n) is 10.7. The molecule has 2 aromatic rings. The Bertz CT molecular complexity index is 1080. The number of carbonyl (C=O) groups excluding carboxylic acids is 2.